The second-order valence-electron chi connectivity index (χ2n) is 6.76. The van der Waals surface area contributed by atoms with Crippen LogP contribution in [-0.2, 0) is 5.41 Å². The molecule has 3 N–H and O–H groups in total. The van der Waals surface area contributed by atoms with Crippen LogP contribution in [-0.4, -0.2) is 39.2 Å². The zero-order valence-corrected chi connectivity index (χ0v) is 15.9. The van der Waals surface area contributed by atoms with Crippen LogP contribution >= 0.6 is 11.3 Å². The number of aryl methyl sites for hydroxylation is 1. The molecule has 2 amide bonds. The SMILES string of the molecule is Cc1nc(NC(=O)NCCCCO)sc1-c1ccnc(C(C)(C)C)n1. The summed E-state index contributed by atoms with van der Waals surface area (Å²) in [5, 5.41) is 14.8. The Morgan fingerprint density at radius 3 is 2.72 bits per heavy atom. The van der Waals surface area contributed by atoms with Crippen molar-refractivity contribution in [2.24, 2.45) is 0 Å². The number of nitrogens with zero attached hydrogens (tertiary/aromatic N) is 3. The quantitative estimate of drug-likeness (QED) is 0.685. The number of thiazole rings is 1. The Balaban J connectivity index is 2.09. The molecule has 7 nitrogen and oxygen atoms in total. The molecular weight excluding hydrogens is 338 g/mol. The summed E-state index contributed by atoms with van der Waals surface area (Å²) in [5.41, 5.74) is 1.50. The number of nitrogens with one attached hydrogen (secondary N) is 2. The molecule has 2 rings (SSSR count). The fourth-order valence-electron chi connectivity index (χ4n) is 2.11. The van der Waals surface area contributed by atoms with Crippen LogP contribution in [0.3, 0.4) is 0 Å². The largest absolute Gasteiger partial charge is 0.396 e. The van der Waals surface area contributed by atoms with Gasteiger partial charge in [0.25, 0.3) is 0 Å². The van der Waals surface area contributed by atoms with Crippen LogP contribution in [0, 0.1) is 6.92 Å². The third kappa shape index (κ3) is 5.47. The molecule has 0 aliphatic heterocycles. The highest BCUT2D eigenvalue weighted by molar-refractivity contribution is 7.19. The number of aliphatic hydroxyl groups is 1. The van der Waals surface area contributed by atoms with E-state index >= 15 is 0 Å². The highest BCUT2D eigenvalue weighted by Gasteiger charge is 2.19. The van der Waals surface area contributed by atoms with Gasteiger partial charge in [0.05, 0.1) is 16.3 Å². The van der Waals surface area contributed by atoms with Gasteiger partial charge in [-0.2, -0.15) is 0 Å². The lowest BCUT2D eigenvalue weighted by molar-refractivity contribution is 0.250. The van der Waals surface area contributed by atoms with E-state index in [4.69, 9.17) is 5.11 Å². The van der Waals surface area contributed by atoms with E-state index in [2.05, 4.69) is 46.4 Å². The van der Waals surface area contributed by atoms with Crippen LogP contribution in [0.15, 0.2) is 12.3 Å². The summed E-state index contributed by atoms with van der Waals surface area (Å²) < 4.78 is 0. The fraction of sp³-hybridized carbons (Fsp3) is 0.529. The zero-order valence-electron chi connectivity index (χ0n) is 15.1. The van der Waals surface area contributed by atoms with Crippen LogP contribution in [0.25, 0.3) is 10.6 Å². The normalized spacial score (nSPS) is 11.4. The summed E-state index contributed by atoms with van der Waals surface area (Å²) in [7, 11) is 0. The Kier molecular flexibility index (Phi) is 6.44. The fourth-order valence-corrected chi connectivity index (χ4v) is 3.05. The van der Waals surface area contributed by atoms with Gasteiger partial charge in [0.15, 0.2) is 5.13 Å². The molecule has 0 radical (unpaired) electrons. The average molecular weight is 363 g/mol. The number of anilines is 1. The van der Waals surface area contributed by atoms with Crippen LogP contribution in [0.5, 0.6) is 0 Å². The van der Waals surface area contributed by atoms with Gasteiger partial charge in [-0.1, -0.05) is 32.1 Å². The predicted octanol–water partition coefficient (Wildman–Crippen LogP) is 3.10. The first-order chi connectivity index (χ1) is 11.8. The summed E-state index contributed by atoms with van der Waals surface area (Å²) in [6, 6.07) is 1.56. The highest BCUT2D eigenvalue weighted by Crippen LogP contribution is 2.32. The molecule has 0 saturated heterocycles. The van der Waals surface area contributed by atoms with Crippen molar-refractivity contribution >= 4 is 22.5 Å². The second-order valence-corrected chi connectivity index (χ2v) is 7.76. The molecule has 0 aromatic carbocycles. The highest BCUT2D eigenvalue weighted by atomic mass is 32.1. The van der Waals surface area contributed by atoms with E-state index in [-0.39, 0.29) is 18.1 Å². The van der Waals surface area contributed by atoms with E-state index in [9.17, 15) is 4.79 Å². The molecular formula is C17H25N5O2S. The summed E-state index contributed by atoms with van der Waals surface area (Å²) >= 11 is 1.39. The summed E-state index contributed by atoms with van der Waals surface area (Å²) in [6.45, 7) is 8.76. The molecule has 2 heterocycles. The summed E-state index contributed by atoms with van der Waals surface area (Å²) in [4.78, 5) is 26.2. The smallest absolute Gasteiger partial charge is 0.321 e. The molecule has 2 aromatic rings. The van der Waals surface area contributed by atoms with Crippen molar-refractivity contribution in [2.45, 2.75) is 46.0 Å². The Hall–Kier alpha value is -2.06. The van der Waals surface area contributed by atoms with Crippen LogP contribution in [0.1, 0.15) is 45.1 Å². The first-order valence-corrected chi connectivity index (χ1v) is 9.10. The maximum Gasteiger partial charge on any atom is 0.321 e. The van der Waals surface area contributed by atoms with E-state index in [1.54, 1.807) is 6.20 Å². The molecule has 0 unspecified atom stereocenters. The van der Waals surface area contributed by atoms with Gasteiger partial charge in [0.2, 0.25) is 0 Å². The third-order valence-electron chi connectivity index (χ3n) is 3.45. The third-order valence-corrected chi connectivity index (χ3v) is 4.54. The lowest BCUT2D eigenvalue weighted by atomic mass is 9.95. The van der Waals surface area contributed by atoms with Crippen molar-refractivity contribution in [3.8, 4) is 10.6 Å². The van der Waals surface area contributed by atoms with Gasteiger partial charge < -0.3 is 10.4 Å². The maximum absolute atomic E-state index is 11.9. The van der Waals surface area contributed by atoms with E-state index in [1.165, 1.54) is 11.3 Å². The van der Waals surface area contributed by atoms with Gasteiger partial charge in [-0.15, -0.1) is 0 Å². The number of aromatic nitrogens is 3. The summed E-state index contributed by atoms with van der Waals surface area (Å²) in [6.07, 6.45) is 3.16. The molecule has 8 heteroatoms. The van der Waals surface area contributed by atoms with E-state index < -0.39 is 0 Å². The van der Waals surface area contributed by atoms with E-state index in [0.29, 0.717) is 18.1 Å². The minimum atomic E-state index is -0.295. The standard InChI is InChI=1S/C17H25N5O2S/c1-11-13(12-7-9-18-14(21-12)17(2,3)4)25-16(20-11)22-15(24)19-8-5-6-10-23/h7,9,23H,5-6,8,10H2,1-4H3,(H2,19,20,22,24). The number of hydrogen-bond donors (Lipinski definition) is 3. The van der Waals surface area contributed by atoms with Gasteiger partial charge >= 0.3 is 6.03 Å². The summed E-state index contributed by atoms with van der Waals surface area (Å²) in [5.74, 6) is 0.772. The Morgan fingerprint density at radius 2 is 2.04 bits per heavy atom. The molecule has 0 saturated carbocycles. The topological polar surface area (TPSA) is 100 Å². The molecule has 2 aromatic heterocycles. The van der Waals surface area contributed by atoms with Crippen molar-refractivity contribution < 1.29 is 9.90 Å². The molecule has 0 aliphatic rings. The Labute approximate surface area is 151 Å². The van der Waals surface area contributed by atoms with Crippen molar-refractivity contribution in [2.75, 3.05) is 18.5 Å². The van der Waals surface area contributed by atoms with Crippen molar-refractivity contribution in [3.05, 3.63) is 23.8 Å². The van der Waals surface area contributed by atoms with Gasteiger partial charge in [-0.25, -0.2) is 19.7 Å². The second kappa shape index (κ2) is 8.35. The first kappa shape index (κ1) is 19.3. The Morgan fingerprint density at radius 1 is 1.28 bits per heavy atom. The van der Waals surface area contributed by atoms with Gasteiger partial charge in [0, 0.05) is 24.8 Å². The lowest BCUT2D eigenvalue weighted by Gasteiger charge is -2.16. The lowest BCUT2D eigenvalue weighted by Crippen LogP contribution is -2.29. The van der Waals surface area contributed by atoms with Crippen LogP contribution < -0.4 is 10.6 Å². The molecule has 0 fully saturated rings. The molecule has 25 heavy (non-hydrogen) atoms. The average Bonchev–Trinajstić information content (AvgIpc) is 2.91. The molecule has 136 valence electrons. The van der Waals surface area contributed by atoms with Crippen molar-refractivity contribution in [3.63, 3.8) is 0 Å². The number of carbonyl (C=O) groups is 1. The number of hydrogen-bond acceptors (Lipinski definition) is 6. The number of amides is 2. The van der Waals surface area contributed by atoms with Crippen molar-refractivity contribution in [1.29, 1.82) is 0 Å². The molecule has 0 spiro atoms. The predicted molar refractivity (Wildman–Crippen MR) is 99.9 cm³/mol. The van der Waals surface area contributed by atoms with E-state index in [0.717, 1.165) is 28.5 Å². The number of aliphatic hydroxyl groups excluding tert-OH is 1. The van der Waals surface area contributed by atoms with Crippen molar-refractivity contribution in [1.82, 2.24) is 20.3 Å². The van der Waals surface area contributed by atoms with Gasteiger partial charge in [-0.3, -0.25) is 5.32 Å². The van der Waals surface area contributed by atoms with Crippen LogP contribution in [0.2, 0.25) is 0 Å². The Bertz CT molecular complexity index is 724. The molecule has 0 aliphatic carbocycles. The molecule has 0 atom stereocenters. The minimum absolute atomic E-state index is 0.133. The minimum Gasteiger partial charge on any atom is -0.396 e. The number of unbranched alkanes of at least 4 members (excludes halogenated alkanes) is 1. The van der Waals surface area contributed by atoms with Gasteiger partial charge in [0.1, 0.15) is 5.82 Å². The maximum atomic E-state index is 11.9. The van der Waals surface area contributed by atoms with Crippen LogP contribution in [0.4, 0.5) is 9.93 Å². The monoisotopic (exact) mass is 363 g/mol. The number of urea groups is 1. The number of rotatable bonds is 6. The zero-order chi connectivity index (χ0) is 18.4. The van der Waals surface area contributed by atoms with E-state index in [1.807, 2.05) is 13.0 Å². The van der Waals surface area contributed by atoms with Gasteiger partial charge in [-0.05, 0) is 25.8 Å². The molecule has 0 bridgehead atoms. The first-order valence-electron chi connectivity index (χ1n) is 8.28. The number of carbonyl (C=O) groups excluding carboxylic acids is 1.